The highest BCUT2D eigenvalue weighted by Gasteiger charge is 2.30. The van der Waals surface area contributed by atoms with Gasteiger partial charge in [0, 0.05) is 11.5 Å². The predicted molar refractivity (Wildman–Crippen MR) is 64.8 cm³/mol. The zero-order valence-corrected chi connectivity index (χ0v) is 10.8. The summed E-state index contributed by atoms with van der Waals surface area (Å²) in [4.78, 5) is 23.2. The van der Waals surface area contributed by atoms with Crippen molar-refractivity contribution < 1.29 is 24.2 Å². The Hall–Kier alpha value is -2.04. The summed E-state index contributed by atoms with van der Waals surface area (Å²) < 4.78 is 9.73. The Balaban J connectivity index is 2.83. The number of rotatable bonds is 3. The van der Waals surface area contributed by atoms with Crippen LogP contribution in [0.25, 0.3) is 0 Å². The number of benzene rings is 1. The number of ketones is 1. The average Bonchev–Trinajstić information content (AvgIpc) is 2.27. The maximum Gasteiger partial charge on any atom is 0.380 e. The monoisotopic (exact) mass is 252 g/mol. The molecule has 1 rings (SSSR count). The number of ether oxygens (including phenoxy) is 2. The van der Waals surface area contributed by atoms with Crippen LogP contribution < -0.4 is 9.47 Å². The lowest BCUT2D eigenvalue weighted by Gasteiger charge is -2.15. The number of Topliss-reactive ketones (excluding diaryl/α,β-unsaturated/α-hetero) is 1. The number of aromatic hydroxyl groups is 1. The number of carbonyl (C=O) groups is 2. The number of methoxy groups -OCH3 is 1. The third kappa shape index (κ3) is 3.23. The van der Waals surface area contributed by atoms with Crippen LogP contribution in [-0.4, -0.2) is 24.0 Å². The van der Waals surface area contributed by atoms with E-state index in [1.54, 1.807) is 20.8 Å². The Morgan fingerprint density at radius 2 is 1.83 bits per heavy atom. The number of carbonyl (C=O) groups excluding carboxylic acids is 2. The van der Waals surface area contributed by atoms with Crippen molar-refractivity contribution in [3.8, 4) is 17.2 Å². The summed E-state index contributed by atoms with van der Waals surface area (Å²) in [5, 5.41) is 9.50. The van der Waals surface area contributed by atoms with E-state index in [4.69, 9.17) is 9.47 Å². The van der Waals surface area contributed by atoms with Crippen LogP contribution in [0, 0.1) is 5.41 Å². The highest BCUT2D eigenvalue weighted by molar-refractivity contribution is 6.36. The Morgan fingerprint density at radius 1 is 1.22 bits per heavy atom. The van der Waals surface area contributed by atoms with Crippen molar-refractivity contribution in [3.05, 3.63) is 18.2 Å². The van der Waals surface area contributed by atoms with Gasteiger partial charge in [0.25, 0.3) is 0 Å². The molecule has 0 radical (unpaired) electrons. The van der Waals surface area contributed by atoms with E-state index in [-0.39, 0.29) is 17.2 Å². The van der Waals surface area contributed by atoms with Gasteiger partial charge in [0.1, 0.15) is 5.75 Å². The highest BCUT2D eigenvalue weighted by atomic mass is 16.5. The number of phenols is 1. The minimum absolute atomic E-state index is 0.0934. The van der Waals surface area contributed by atoms with Gasteiger partial charge < -0.3 is 14.6 Å². The van der Waals surface area contributed by atoms with Crippen LogP contribution in [0.2, 0.25) is 0 Å². The molecule has 18 heavy (non-hydrogen) atoms. The first-order valence-electron chi connectivity index (χ1n) is 5.39. The normalized spacial score (nSPS) is 10.9. The molecule has 0 aliphatic carbocycles. The minimum Gasteiger partial charge on any atom is -0.504 e. The summed E-state index contributed by atoms with van der Waals surface area (Å²) in [6.07, 6.45) is 0. The molecule has 0 spiro atoms. The van der Waals surface area contributed by atoms with Gasteiger partial charge in [0.15, 0.2) is 11.5 Å². The van der Waals surface area contributed by atoms with Crippen molar-refractivity contribution >= 4 is 11.8 Å². The quantitative estimate of drug-likeness (QED) is 0.505. The minimum atomic E-state index is -0.952. The van der Waals surface area contributed by atoms with Crippen molar-refractivity contribution in [1.82, 2.24) is 0 Å². The van der Waals surface area contributed by atoms with E-state index in [9.17, 15) is 14.7 Å². The molecule has 0 fully saturated rings. The van der Waals surface area contributed by atoms with E-state index in [0.29, 0.717) is 0 Å². The van der Waals surface area contributed by atoms with E-state index < -0.39 is 17.2 Å². The van der Waals surface area contributed by atoms with Crippen LogP contribution in [0.3, 0.4) is 0 Å². The molecule has 5 heteroatoms. The second kappa shape index (κ2) is 5.08. The van der Waals surface area contributed by atoms with Crippen LogP contribution in [0.15, 0.2) is 18.2 Å². The molecule has 1 aromatic rings. The van der Waals surface area contributed by atoms with Gasteiger partial charge in [0.2, 0.25) is 5.78 Å². The number of esters is 1. The van der Waals surface area contributed by atoms with Crippen LogP contribution in [-0.2, 0) is 9.59 Å². The van der Waals surface area contributed by atoms with Gasteiger partial charge in [-0.1, -0.05) is 20.8 Å². The second-order valence-corrected chi connectivity index (χ2v) is 4.80. The molecule has 0 aromatic heterocycles. The summed E-state index contributed by atoms with van der Waals surface area (Å²) in [5.74, 6) is -1.39. The maximum atomic E-state index is 11.6. The molecule has 1 aromatic carbocycles. The van der Waals surface area contributed by atoms with Gasteiger partial charge >= 0.3 is 5.97 Å². The maximum absolute atomic E-state index is 11.6. The van der Waals surface area contributed by atoms with Gasteiger partial charge in [-0.15, -0.1) is 0 Å². The Bertz CT molecular complexity index is 471. The molecule has 0 unspecified atom stereocenters. The zero-order valence-electron chi connectivity index (χ0n) is 10.8. The Labute approximate surface area is 105 Å². The molecule has 0 bridgehead atoms. The molecule has 0 aliphatic rings. The van der Waals surface area contributed by atoms with E-state index in [2.05, 4.69) is 0 Å². The lowest BCUT2D eigenvalue weighted by atomic mass is 9.91. The van der Waals surface area contributed by atoms with Crippen LogP contribution in [0.5, 0.6) is 17.2 Å². The fourth-order valence-electron chi connectivity index (χ4n) is 1.19. The van der Waals surface area contributed by atoms with Crippen LogP contribution in [0.4, 0.5) is 0 Å². The summed E-state index contributed by atoms with van der Waals surface area (Å²) in [5.41, 5.74) is -0.800. The SMILES string of the molecule is COc1ccc(OC(=O)C(=O)C(C)(C)C)cc1O. The van der Waals surface area contributed by atoms with E-state index in [0.717, 1.165) is 0 Å². The predicted octanol–water partition coefficient (Wildman–Crippen LogP) is 1.92. The fraction of sp³-hybridized carbons (Fsp3) is 0.385. The molecule has 0 amide bonds. The van der Waals surface area contributed by atoms with Gasteiger partial charge in [0.05, 0.1) is 7.11 Å². The zero-order chi connectivity index (χ0) is 13.9. The first-order chi connectivity index (χ1) is 8.25. The van der Waals surface area contributed by atoms with Gasteiger partial charge in [-0.05, 0) is 12.1 Å². The Kier molecular flexibility index (Phi) is 3.96. The molecule has 98 valence electrons. The number of phenolic OH excluding ortho intramolecular Hbond substituents is 1. The van der Waals surface area contributed by atoms with E-state index in [1.807, 2.05) is 0 Å². The number of hydrogen-bond donors (Lipinski definition) is 1. The third-order valence-electron chi connectivity index (χ3n) is 2.23. The number of hydrogen-bond acceptors (Lipinski definition) is 5. The van der Waals surface area contributed by atoms with Crippen LogP contribution >= 0.6 is 0 Å². The lowest BCUT2D eigenvalue weighted by molar-refractivity contribution is -0.151. The van der Waals surface area contributed by atoms with Crippen molar-refractivity contribution in [2.45, 2.75) is 20.8 Å². The lowest BCUT2D eigenvalue weighted by Crippen LogP contribution is -2.32. The second-order valence-electron chi connectivity index (χ2n) is 4.80. The molecule has 0 heterocycles. The third-order valence-corrected chi connectivity index (χ3v) is 2.23. The fourth-order valence-corrected chi connectivity index (χ4v) is 1.19. The van der Waals surface area contributed by atoms with Crippen molar-refractivity contribution in [1.29, 1.82) is 0 Å². The molecular weight excluding hydrogens is 236 g/mol. The van der Waals surface area contributed by atoms with Crippen molar-refractivity contribution in [2.24, 2.45) is 5.41 Å². The topological polar surface area (TPSA) is 72.8 Å². The highest BCUT2D eigenvalue weighted by Crippen LogP contribution is 2.30. The molecule has 0 aliphatic heterocycles. The Morgan fingerprint density at radius 3 is 2.28 bits per heavy atom. The average molecular weight is 252 g/mol. The van der Waals surface area contributed by atoms with Crippen molar-refractivity contribution in [3.63, 3.8) is 0 Å². The molecule has 5 nitrogen and oxygen atoms in total. The van der Waals surface area contributed by atoms with Gasteiger partial charge in [-0.2, -0.15) is 0 Å². The first-order valence-corrected chi connectivity index (χ1v) is 5.39. The van der Waals surface area contributed by atoms with Gasteiger partial charge in [-0.3, -0.25) is 4.79 Å². The molecule has 0 saturated carbocycles. The van der Waals surface area contributed by atoms with Crippen LogP contribution in [0.1, 0.15) is 20.8 Å². The molecule has 1 N–H and O–H groups in total. The summed E-state index contributed by atoms with van der Waals surface area (Å²) in [6, 6.07) is 4.10. The largest absolute Gasteiger partial charge is 0.504 e. The summed E-state index contributed by atoms with van der Waals surface area (Å²) in [6.45, 7) is 4.88. The van der Waals surface area contributed by atoms with E-state index >= 15 is 0 Å². The van der Waals surface area contributed by atoms with E-state index in [1.165, 1.54) is 25.3 Å². The molecule has 0 atom stereocenters. The summed E-state index contributed by atoms with van der Waals surface area (Å²) in [7, 11) is 1.41. The molecular formula is C13H16O5. The standard InChI is InChI=1S/C13H16O5/c1-13(2,3)11(15)12(16)18-8-5-6-10(17-4)9(14)7-8/h5-7,14H,1-4H3. The molecule has 0 saturated heterocycles. The van der Waals surface area contributed by atoms with Gasteiger partial charge in [-0.25, -0.2) is 4.79 Å². The smallest absolute Gasteiger partial charge is 0.380 e. The first kappa shape index (κ1) is 14.0. The van der Waals surface area contributed by atoms with Crippen molar-refractivity contribution in [2.75, 3.05) is 7.11 Å². The summed E-state index contributed by atoms with van der Waals surface area (Å²) >= 11 is 0.